The molecule has 0 fully saturated rings. The van der Waals surface area contributed by atoms with E-state index in [-0.39, 0.29) is 11.7 Å². The van der Waals surface area contributed by atoms with Crippen molar-refractivity contribution in [1.82, 2.24) is 0 Å². The molecule has 0 unspecified atom stereocenters. The first-order valence-corrected chi connectivity index (χ1v) is 8.01. The summed E-state index contributed by atoms with van der Waals surface area (Å²) in [7, 11) is 0. The maximum absolute atomic E-state index is 12.7. The normalized spacial score (nSPS) is 14.2. The molecule has 1 aliphatic rings. The molecule has 0 radical (unpaired) electrons. The third-order valence-electron chi connectivity index (χ3n) is 3.83. The molecule has 2 aromatic rings. The monoisotopic (exact) mass is 348 g/mol. The van der Waals surface area contributed by atoms with Crippen molar-refractivity contribution in [2.75, 3.05) is 4.90 Å². The van der Waals surface area contributed by atoms with Crippen LogP contribution < -0.4 is 9.64 Å². The predicted molar refractivity (Wildman–Crippen MR) is 95.4 cm³/mol. The smallest absolute Gasteiger partial charge is 0.301 e. The molecule has 0 saturated heterocycles. The van der Waals surface area contributed by atoms with Crippen LogP contribution in [0.25, 0.3) is 5.57 Å². The van der Waals surface area contributed by atoms with E-state index in [1.54, 1.807) is 24.3 Å². The number of imide groups is 1. The summed E-state index contributed by atoms with van der Waals surface area (Å²) in [5.74, 6) is -1.38. The van der Waals surface area contributed by atoms with Gasteiger partial charge < -0.3 is 9.84 Å². The van der Waals surface area contributed by atoms with Crippen LogP contribution in [-0.2, 0) is 9.59 Å². The topological polar surface area (TPSA) is 90.6 Å². The van der Waals surface area contributed by atoms with Crippen molar-refractivity contribution in [2.45, 2.75) is 20.0 Å². The van der Waals surface area contributed by atoms with Crippen LogP contribution in [0.5, 0.6) is 5.75 Å². The van der Waals surface area contributed by atoms with Gasteiger partial charge in [-0.1, -0.05) is 12.1 Å². The van der Waals surface area contributed by atoms with Crippen LogP contribution in [0.2, 0.25) is 0 Å². The molecule has 0 aromatic heterocycles. The van der Waals surface area contributed by atoms with Crippen molar-refractivity contribution >= 4 is 23.1 Å². The van der Waals surface area contributed by atoms with Gasteiger partial charge in [-0.2, -0.15) is 5.26 Å². The number of anilines is 1. The van der Waals surface area contributed by atoms with E-state index in [0.717, 1.165) is 4.90 Å². The zero-order valence-corrected chi connectivity index (χ0v) is 14.3. The maximum atomic E-state index is 12.7. The Kier molecular flexibility index (Phi) is 4.46. The Morgan fingerprint density at radius 2 is 1.62 bits per heavy atom. The van der Waals surface area contributed by atoms with Gasteiger partial charge in [0.05, 0.1) is 29.0 Å². The van der Waals surface area contributed by atoms with Crippen LogP contribution in [0.4, 0.5) is 5.69 Å². The van der Waals surface area contributed by atoms with Crippen LogP contribution in [-0.4, -0.2) is 23.0 Å². The summed E-state index contributed by atoms with van der Waals surface area (Å²) in [5, 5.41) is 19.1. The molecular formula is C20H16N2O4. The van der Waals surface area contributed by atoms with Gasteiger partial charge in [-0.15, -0.1) is 0 Å². The minimum Gasteiger partial charge on any atom is -0.502 e. The summed E-state index contributed by atoms with van der Waals surface area (Å²) < 4.78 is 5.55. The Hall–Kier alpha value is -3.59. The fourth-order valence-electron chi connectivity index (χ4n) is 2.67. The highest BCUT2D eigenvalue weighted by atomic mass is 16.5. The zero-order valence-electron chi connectivity index (χ0n) is 14.3. The summed E-state index contributed by atoms with van der Waals surface area (Å²) in [5.41, 5.74) is 1.06. The average molecular weight is 348 g/mol. The third-order valence-corrected chi connectivity index (χ3v) is 3.83. The maximum Gasteiger partial charge on any atom is 0.301 e. The van der Waals surface area contributed by atoms with Crippen molar-refractivity contribution < 1.29 is 19.4 Å². The minimum atomic E-state index is -0.794. The number of hydrogen-bond donors (Lipinski definition) is 1. The van der Waals surface area contributed by atoms with E-state index < -0.39 is 17.6 Å². The van der Waals surface area contributed by atoms with Crippen LogP contribution in [0.3, 0.4) is 0 Å². The highest BCUT2D eigenvalue weighted by Crippen LogP contribution is 2.32. The number of rotatable bonds is 4. The van der Waals surface area contributed by atoms with Crippen molar-refractivity contribution in [3.8, 4) is 11.8 Å². The van der Waals surface area contributed by atoms with Crippen molar-refractivity contribution in [3.63, 3.8) is 0 Å². The Morgan fingerprint density at radius 1 is 1.00 bits per heavy atom. The van der Waals surface area contributed by atoms with Gasteiger partial charge in [-0.05, 0) is 55.8 Å². The Morgan fingerprint density at radius 3 is 2.15 bits per heavy atom. The van der Waals surface area contributed by atoms with Crippen molar-refractivity contribution in [1.29, 1.82) is 5.26 Å². The van der Waals surface area contributed by atoms with Gasteiger partial charge in [0, 0.05) is 0 Å². The number of amides is 2. The molecule has 2 aromatic carbocycles. The summed E-state index contributed by atoms with van der Waals surface area (Å²) in [4.78, 5) is 26.0. The molecule has 0 bridgehead atoms. The molecule has 3 rings (SSSR count). The second-order valence-electron chi connectivity index (χ2n) is 6.02. The minimum absolute atomic E-state index is 0.00929. The van der Waals surface area contributed by atoms with Crippen LogP contribution >= 0.6 is 0 Å². The Bertz CT molecular complexity index is 935. The summed E-state index contributed by atoms with van der Waals surface area (Å²) in [6.07, 6.45) is 0.00929. The second-order valence-corrected chi connectivity index (χ2v) is 6.02. The lowest BCUT2D eigenvalue weighted by Gasteiger charge is -2.14. The highest BCUT2D eigenvalue weighted by Gasteiger charge is 2.40. The average Bonchev–Trinajstić information content (AvgIpc) is 2.85. The number of hydrogen-bond acceptors (Lipinski definition) is 5. The third kappa shape index (κ3) is 3.03. The fourth-order valence-corrected chi connectivity index (χ4v) is 2.67. The van der Waals surface area contributed by atoms with Crippen LogP contribution in [0.15, 0.2) is 54.3 Å². The van der Waals surface area contributed by atoms with E-state index in [4.69, 9.17) is 10.00 Å². The lowest BCUT2D eigenvalue weighted by Crippen LogP contribution is -2.31. The molecule has 6 nitrogen and oxygen atoms in total. The molecular weight excluding hydrogens is 332 g/mol. The van der Waals surface area contributed by atoms with Crippen LogP contribution in [0, 0.1) is 11.3 Å². The van der Waals surface area contributed by atoms with Gasteiger partial charge in [0.25, 0.3) is 5.91 Å². The molecule has 6 heteroatoms. The van der Waals surface area contributed by atoms with Crippen LogP contribution in [0.1, 0.15) is 25.0 Å². The van der Waals surface area contributed by atoms with E-state index in [9.17, 15) is 14.7 Å². The summed E-state index contributed by atoms with van der Waals surface area (Å²) in [6, 6.07) is 14.6. The lowest BCUT2D eigenvalue weighted by molar-refractivity contribution is -0.121. The number of nitrogens with zero attached hydrogens (tertiary/aromatic N) is 2. The van der Waals surface area contributed by atoms with E-state index in [1.807, 2.05) is 19.9 Å². The molecule has 0 atom stereocenters. The molecule has 0 spiro atoms. The standard InChI is InChI=1S/C20H16N2O4/c1-12(2)26-16-9-5-14(6-10-16)17-18(23)20(25)22(19(17)24)15-7-3-13(11-21)4-8-15/h3-10,12,23H,1-2H3. The van der Waals surface area contributed by atoms with E-state index in [2.05, 4.69) is 0 Å². The highest BCUT2D eigenvalue weighted by molar-refractivity contribution is 6.44. The first-order chi connectivity index (χ1) is 12.4. The molecule has 1 aliphatic heterocycles. The number of benzene rings is 2. The van der Waals surface area contributed by atoms with E-state index in [0.29, 0.717) is 22.6 Å². The van der Waals surface area contributed by atoms with Gasteiger partial charge in [-0.3, -0.25) is 9.59 Å². The fraction of sp³-hybridized carbons (Fsp3) is 0.150. The number of ether oxygens (including phenoxy) is 1. The Balaban J connectivity index is 1.92. The predicted octanol–water partition coefficient (Wildman–Crippen LogP) is 3.19. The van der Waals surface area contributed by atoms with Crippen molar-refractivity contribution in [3.05, 3.63) is 65.4 Å². The van der Waals surface area contributed by atoms with Crippen molar-refractivity contribution in [2.24, 2.45) is 0 Å². The molecule has 26 heavy (non-hydrogen) atoms. The number of nitriles is 1. The second kappa shape index (κ2) is 6.73. The first kappa shape index (κ1) is 17.2. The van der Waals surface area contributed by atoms with Gasteiger partial charge in [-0.25, -0.2) is 4.90 Å². The molecule has 0 aliphatic carbocycles. The van der Waals surface area contributed by atoms with Gasteiger partial charge in [0.2, 0.25) is 0 Å². The van der Waals surface area contributed by atoms with E-state index >= 15 is 0 Å². The summed E-state index contributed by atoms with van der Waals surface area (Å²) >= 11 is 0. The SMILES string of the molecule is CC(C)Oc1ccc(C2=C(O)C(=O)N(c3ccc(C#N)cc3)C2=O)cc1. The van der Waals surface area contributed by atoms with Gasteiger partial charge in [0.1, 0.15) is 5.75 Å². The van der Waals surface area contributed by atoms with Gasteiger partial charge in [0.15, 0.2) is 5.76 Å². The molecule has 130 valence electrons. The lowest BCUT2D eigenvalue weighted by atomic mass is 10.1. The summed E-state index contributed by atoms with van der Waals surface area (Å²) in [6.45, 7) is 3.80. The number of aliphatic hydroxyl groups excluding tert-OH is 1. The number of carbonyl (C=O) groups excluding carboxylic acids is 2. The quantitative estimate of drug-likeness (QED) is 0.857. The first-order valence-electron chi connectivity index (χ1n) is 8.01. The number of aliphatic hydroxyl groups is 1. The molecule has 1 N–H and O–H groups in total. The molecule has 0 saturated carbocycles. The zero-order chi connectivity index (χ0) is 18.8. The number of carbonyl (C=O) groups is 2. The Labute approximate surface area is 150 Å². The molecule has 1 heterocycles. The molecule has 2 amide bonds. The largest absolute Gasteiger partial charge is 0.502 e. The van der Waals surface area contributed by atoms with E-state index in [1.165, 1.54) is 24.3 Å². The van der Waals surface area contributed by atoms with Gasteiger partial charge >= 0.3 is 5.91 Å².